The van der Waals surface area contributed by atoms with Gasteiger partial charge in [0.05, 0.1) is 5.25 Å². The van der Waals surface area contributed by atoms with E-state index in [1.165, 1.54) is 6.26 Å². The molecular weight excluding hydrogens is 272 g/mol. The number of benzene rings is 2. The Hall–Kier alpha value is -1.94. The fraction of sp³-hybridized carbons (Fsp3) is 0.188. The zero-order valence-electron chi connectivity index (χ0n) is 11.2. The Morgan fingerprint density at radius 3 is 1.95 bits per heavy atom. The summed E-state index contributed by atoms with van der Waals surface area (Å²) in [5.41, 5.74) is 1.19. The second-order valence-corrected chi connectivity index (χ2v) is 6.95. The van der Waals surface area contributed by atoms with Crippen molar-refractivity contribution in [3.8, 4) is 0 Å². The van der Waals surface area contributed by atoms with E-state index < -0.39 is 15.1 Å². The van der Waals surface area contributed by atoms with Gasteiger partial charge in [0.15, 0.2) is 15.6 Å². The van der Waals surface area contributed by atoms with Crippen LogP contribution in [0.25, 0.3) is 0 Å². The number of sulfone groups is 1. The van der Waals surface area contributed by atoms with Gasteiger partial charge in [-0.05, 0) is 5.56 Å². The molecule has 0 radical (unpaired) electrons. The molecule has 20 heavy (non-hydrogen) atoms. The Morgan fingerprint density at radius 2 is 1.45 bits per heavy atom. The van der Waals surface area contributed by atoms with Gasteiger partial charge in [-0.1, -0.05) is 60.7 Å². The fourth-order valence-corrected chi connectivity index (χ4v) is 3.20. The number of Topliss-reactive ketones (excluding diaryl/α,β-unsaturated/α-hetero) is 1. The maximum Gasteiger partial charge on any atom is 0.164 e. The molecule has 2 aromatic rings. The lowest BCUT2D eigenvalue weighted by Gasteiger charge is -2.14. The van der Waals surface area contributed by atoms with Crippen LogP contribution in [0.2, 0.25) is 0 Å². The highest BCUT2D eigenvalue weighted by Gasteiger charge is 2.26. The first-order valence-corrected chi connectivity index (χ1v) is 8.26. The largest absolute Gasteiger partial charge is 0.294 e. The molecule has 1 atom stereocenters. The minimum Gasteiger partial charge on any atom is -0.294 e. The Bertz CT molecular complexity index is 676. The number of carbonyl (C=O) groups excluding carboxylic acids is 1. The molecule has 0 aliphatic carbocycles. The third kappa shape index (κ3) is 3.54. The molecule has 0 amide bonds. The standard InChI is InChI=1S/C16H16O3S/c1-20(18,19)16(14-10-6-3-7-11-14)12-15(17)13-8-4-2-5-9-13/h2-11,16H,12H2,1H3. The van der Waals surface area contributed by atoms with Crippen LogP contribution in [0.3, 0.4) is 0 Å². The second-order valence-electron chi connectivity index (χ2n) is 4.72. The van der Waals surface area contributed by atoms with Crippen LogP contribution in [0.4, 0.5) is 0 Å². The molecule has 0 saturated heterocycles. The van der Waals surface area contributed by atoms with E-state index in [0.717, 1.165) is 0 Å². The third-order valence-corrected chi connectivity index (χ3v) is 4.63. The molecule has 2 aromatic carbocycles. The van der Waals surface area contributed by atoms with Gasteiger partial charge in [0.25, 0.3) is 0 Å². The molecular formula is C16H16O3S. The summed E-state index contributed by atoms with van der Waals surface area (Å²) in [5, 5.41) is -0.795. The highest BCUT2D eigenvalue weighted by Crippen LogP contribution is 2.26. The van der Waals surface area contributed by atoms with E-state index in [2.05, 4.69) is 0 Å². The Labute approximate surface area is 119 Å². The number of rotatable bonds is 5. The molecule has 1 unspecified atom stereocenters. The molecule has 4 heteroatoms. The Morgan fingerprint density at radius 1 is 0.950 bits per heavy atom. The number of hydrogen-bond donors (Lipinski definition) is 0. The quantitative estimate of drug-likeness (QED) is 0.795. The van der Waals surface area contributed by atoms with Crippen LogP contribution in [-0.2, 0) is 9.84 Å². The van der Waals surface area contributed by atoms with Crippen LogP contribution < -0.4 is 0 Å². The number of ketones is 1. The molecule has 0 heterocycles. The zero-order chi connectivity index (χ0) is 14.6. The first kappa shape index (κ1) is 14.5. The van der Waals surface area contributed by atoms with Crippen molar-refractivity contribution < 1.29 is 13.2 Å². The average Bonchev–Trinajstić information content (AvgIpc) is 2.45. The lowest BCUT2D eigenvalue weighted by molar-refractivity contribution is 0.0981. The molecule has 0 aliphatic rings. The van der Waals surface area contributed by atoms with Crippen LogP contribution in [-0.4, -0.2) is 20.5 Å². The van der Waals surface area contributed by atoms with E-state index >= 15 is 0 Å². The van der Waals surface area contributed by atoms with Gasteiger partial charge in [0.2, 0.25) is 0 Å². The summed E-state index contributed by atoms with van der Waals surface area (Å²) < 4.78 is 23.9. The molecule has 3 nitrogen and oxygen atoms in total. The lowest BCUT2D eigenvalue weighted by atomic mass is 10.0. The first-order valence-electron chi connectivity index (χ1n) is 6.30. The zero-order valence-corrected chi connectivity index (χ0v) is 12.0. The van der Waals surface area contributed by atoms with Crippen LogP contribution in [0.1, 0.15) is 27.6 Å². The van der Waals surface area contributed by atoms with Gasteiger partial charge in [-0.15, -0.1) is 0 Å². The molecule has 0 bridgehead atoms. The smallest absolute Gasteiger partial charge is 0.164 e. The van der Waals surface area contributed by atoms with Gasteiger partial charge < -0.3 is 0 Å². The summed E-state index contributed by atoms with van der Waals surface area (Å²) in [5.74, 6) is -0.162. The average molecular weight is 288 g/mol. The van der Waals surface area contributed by atoms with Crippen molar-refractivity contribution in [2.75, 3.05) is 6.26 Å². The molecule has 104 valence electrons. The van der Waals surface area contributed by atoms with Crippen LogP contribution in [0.15, 0.2) is 60.7 Å². The molecule has 0 aliphatic heterocycles. The summed E-state index contributed by atoms with van der Waals surface area (Å²) in [6.45, 7) is 0. The van der Waals surface area contributed by atoms with Crippen molar-refractivity contribution >= 4 is 15.6 Å². The molecule has 2 rings (SSSR count). The topological polar surface area (TPSA) is 51.2 Å². The molecule has 0 N–H and O–H groups in total. The van der Waals surface area contributed by atoms with Gasteiger partial charge in [-0.2, -0.15) is 0 Å². The normalized spacial score (nSPS) is 12.8. The van der Waals surface area contributed by atoms with E-state index in [9.17, 15) is 13.2 Å². The maximum atomic E-state index is 12.2. The van der Waals surface area contributed by atoms with Crippen molar-refractivity contribution in [2.24, 2.45) is 0 Å². The second kappa shape index (κ2) is 6.01. The van der Waals surface area contributed by atoms with Gasteiger partial charge in [0, 0.05) is 18.2 Å². The van der Waals surface area contributed by atoms with Gasteiger partial charge in [-0.25, -0.2) is 8.42 Å². The summed E-state index contributed by atoms with van der Waals surface area (Å²) in [7, 11) is -3.34. The maximum absolute atomic E-state index is 12.2. The summed E-state index contributed by atoms with van der Waals surface area (Å²) in [6, 6.07) is 17.6. The predicted molar refractivity (Wildman–Crippen MR) is 79.4 cm³/mol. The lowest BCUT2D eigenvalue weighted by Crippen LogP contribution is -2.16. The Balaban J connectivity index is 2.29. The predicted octanol–water partition coefficient (Wildman–Crippen LogP) is 3.05. The summed E-state index contributed by atoms with van der Waals surface area (Å²) in [4.78, 5) is 12.2. The molecule has 0 fully saturated rings. The van der Waals surface area contributed by atoms with Crippen molar-refractivity contribution in [1.82, 2.24) is 0 Å². The van der Waals surface area contributed by atoms with Gasteiger partial charge in [0.1, 0.15) is 0 Å². The monoisotopic (exact) mass is 288 g/mol. The molecule has 0 saturated carbocycles. The van der Waals surface area contributed by atoms with E-state index in [1.54, 1.807) is 48.5 Å². The third-order valence-electron chi connectivity index (χ3n) is 3.15. The highest BCUT2D eigenvalue weighted by atomic mass is 32.2. The van der Waals surface area contributed by atoms with Gasteiger partial charge >= 0.3 is 0 Å². The molecule has 0 spiro atoms. The fourth-order valence-electron chi connectivity index (χ4n) is 2.09. The van der Waals surface area contributed by atoms with Crippen molar-refractivity contribution in [1.29, 1.82) is 0 Å². The van der Waals surface area contributed by atoms with Crippen molar-refractivity contribution in [3.63, 3.8) is 0 Å². The summed E-state index contributed by atoms with van der Waals surface area (Å²) >= 11 is 0. The van der Waals surface area contributed by atoms with E-state index in [1.807, 2.05) is 12.1 Å². The van der Waals surface area contributed by atoms with Crippen LogP contribution in [0.5, 0.6) is 0 Å². The van der Waals surface area contributed by atoms with Gasteiger partial charge in [-0.3, -0.25) is 4.79 Å². The Kier molecular flexibility index (Phi) is 4.35. The highest BCUT2D eigenvalue weighted by molar-refractivity contribution is 7.91. The van der Waals surface area contributed by atoms with Crippen molar-refractivity contribution in [3.05, 3.63) is 71.8 Å². The van der Waals surface area contributed by atoms with Crippen molar-refractivity contribution in [2.45, 2.75) is 11.7 Å². The van der Waals surface area contributed by atoms with Crippen LogP contribution >= 0.6 is 0 Å². The number of hydrogen-bond acceptors (Lipinski definition) is 3. The van der Waals surface area contributed by atoms with E-state index in [4.69, 9.17) is 0 Å². The number of carbonyl (C=O) groups is 1. The minimum atomic E-state index is -3.34. The summed E-state index contributed by atoms with van der Waals surface area (Å²) in [6.07, 6.45) is 1.13. The molecule has 0 aromatic heterocycles. The van der Waals surface area contributed by atoms with E-state index in [0.29, 0.717) is 11.1 Å². The SMILES string of the molecule is CS(=O)(=O)C(CC(=O)c1ccccc1)c1ccccc1. The van der Waals surface area contributed by atoms with E-state index in [-0.39, 0.29) is 12.2 Å². The minimum absolute atomic E-state index is 0.0349. The van der Waals surface area contributed by atoms with Crippen LogP contribution in [0, 0.1) is 0 Å². The first-order chi connectivity index (χ1) is 9.48.